The average molecular weight is 381 g/mol. The second-order valence-electron chi connectivity index (χ2n) is 5.96. The van der Waals surface area contributed by atoms with Crippen LogP contribution in [0.5, 0.6) is 0 Å². The SMILES string of the molecule is CCOC(=O)c1cc(-c2ccccc2)sc1NC(=O)C[n+]1ccccc1C. The number of esters is 1. The van der Waals surface area contributed by atoms with E-state index in [1.165, 1.54) is 11.3 Å². The fourth-order valence-corrected chi connectivity index (χ4v) is 3.72. The molecule has 138 valence electrons. The Balaban J connectivity index is 1.86. The van der Waals surface area contributed by atoms with Gasteiger partial charge < -0.3 is 10.1 Å². The summed E-state index contributed by atoms with van der Waals surface area (Å²) in [7, 11) is 0. The molecular weight excluding hydrogens is 360 g/mol. The van der Waals surface area contributed by atoms with Crippen molar-refractivity contribution < 1.29 is 18.9 Å². The van der Waals surface area contributed by atoms with Crippen LogP contribution in [0.2, 0.25) is 0 Å². The molecule has 0 aliphatic heterocycles. The van der Waals surface area contributed by atoms with Crippen LogP contribution in [0, 0.1) is 6.92 Å². The highest BCUT2D eigenvalue weighted by Gasteiger charge is 2.21. The monoisotopic (exact) mass is 381 g/mol. The van der Waals surface area contributed by atoms with Crippen LogP contribution in [0.4, 0.5) is 5.00 Å². The lowest BCUT2D eigenvalue weighted by atomic mass is 10.1. The van der Waals surface area contributed by atoms with Crippen molar-refractivity contribution in [2.75, 3.05) is 11.9 Å². The molecule has 0 aliphatic rings. The lowest BCUT2D eigenvalue weighted by Gasteiger charge is -2.05. The summed E-state index contributed by atoms with van der Waals surface area (Å²) in [5, 5.41) is 3.38. The summed E-state index contributed by atoms with van der Waals surface area (Å²) in [6.07, 6.45) is 1.85. The molecule has 0 radical (unpaired) electrons. The predicted molar refractivity (Wildman–Crippen MR) is 106 cm³/mol. The Morgan fingerprint density at radius 1 is 1.11 bits per heavy atom. The van der Waals surface area contributed by atoms with Crippen molar-refractivity contribution in [3.63, 3.8) is 0 Å². The fourth-order valence-electron chi connectivity index (χ4n) is 2.65. The number of hydrogen-bond donors (Lipinski definition) is 1. The summed E-state index contributed by atoms with van der Waals surface area (Å²) in [6, 6.07) is 17.3. The Labute approximate surface area is 162 Å². The number of anilines is 1. The maximum absolute atomic E-state index is 12.5. The van der Waals surface area contributed by atoms with Crippen molar-refractivity contribution in [1.29, 1.82) is 0 Å². The molecule has 0 bridgehead atoms. The van der Waals surface area contributed by atoms with Crippen LogP contribution in [0.25, 0.3) is 10.4 Å². The van der Waals surface area contributed by atoms with Crippen LogP contribution >= 0.6 is 11.3 Å². The van der Waals surface area contributed by atoms with Crippen molar-refractivity contribution in [3.8, 4) is 10.4 Å². The van der Waals surface area contributed by atoms with Gasteiger partial charge in [0.1, 0.15) is 5.00 Å². The maximum Gasteiger partial charge on any atom is 0.341 e. The largest absolute Gasteiger partial charge is 0.462 e. The molecule has 0 unspecified atom stereocenters. The Hall–Kier alpha value is -2.99. The van der Waals surface area contributed by atoms with Crippen molar-refractivity contribution in [2.24, 2.45) is 0 Å². The van der Waals surface area contributed by atoms with Gasteiger partial charge in [0.25, 0.3) is 5.91 Å². The number of hydrogen-bond acceptors (Lipinski definition) is 4. The van der Waals surface area contributed by atoms with Crippen molar-refractivity contribution in [1.82, 2.24) is 0 Å². The zero-order valence-electron chi connectivity index (χ0n) is 15.3. The highest BCUT2D eigenvalue weighted by molar-refractivity contribution is 7.20. The molecule has 3 rings (SSSR count). The molecule has 27 heavy (non-hydrogen) atoms. The smallest absolute Gasteiger partial charge is 0.341 e. The van der Waals surface area contributed by atoms with E-state index in [1.807, 2.05) is 66.2 Å². The molecule has 5 nitrogen and oxygen atoms in total. The van der Waals surface area contributed by atoms with E-state index < -0.39 is 5.97 Å². The molecule has 1 aromatic carbocycles. The number of benzene rings is 1. The quantitative estimate of drug-likeness (QED) is 0.521. The van der Waals surface area contributed by atoms with Gasteiger partial charge in [-0.05, 0) is 18.6 Å². The van der Waals surface area contributed by atoms with E-state index in [1.54, 1.807) is 13.0 Å². The highest BCUT2D eigenvalue weighted by Crippen LogP contribution is 2.35. The van der Waals surface area contributed by atoms with Crippen LogP contribution in [-0.4, -0.2) is 18.5 Å². The Morgan fingerprint density at radius 3 is 2.56 bits per heavy atom. The van der Waals surface area contributed by atoms with Gasteiger partial charge in [0.05, 0.1) is 12.2 Å². The van der Waals surface area contributed by atoms with Gasteiger partial charge in [0.2, 0.25) is 6.54 Å². The number of aromatic nitrogens is 1. The van der Waals surface area contributed by atoms with Crippen LogP contribution in [0.1, 0.15) is 23.0 Å². The molecule has 0 aliphatic carbocycles. The van der Waals surface area contributed by atoms with Crippen LogP contribution in [-0.2, 0) is 16.1 Å². The van der Waals surface area contributed by atoms with Crippen molar-refractivity contribution in [2.45, 2.75) is 20.4 Å². The third-order valence-electron chi connectivity index (χ3n) is 4.02. The van der Waals surface area contributed by atoms with Crippen LogP contribution in [0.15, 0.2) is 60.8 Å². The Morgan fingerprint density at radius 2 is 1.85 bits per heavy atom. The van der Waals surface area contributed by atoms with Gasteiger partial charge in [-0.25, -0.2) is 4.79 Å². The lowest BCUT2D eigenvalue weighted by molar-refractivity contribution is -0.690. The van der Waals surface area contributed by atoms with E-state index in [-0.39, 0.29) is 19.1 Å². The van der Waals surface area contributed by atoms with E-state index in [9.17, 15) is 9.59 Å². The van der Waals surface area contributed by atoms with E-state index in [0.29, 0.717) is 10.6 Å². The second kappa shape index (κ2) is 8.60. The summed E-state index contributed by atoms with van der Waals surface area (Å²) < 4.78 is 7.00. The number of ether oxygens (including phenoxy) is 1. The summed E-state index contributed by atoms with van der Waals surface area (Å²) in [4.78, 5) is 25.8. The molecule has 6 heteroatoms. The topological polar surface area (TPSA) is 59.3 Å². The summed E-state index contributed by atoms with van der Waals surface area (Å²) in [6.45, 7) is 4.15. The number of carbonyl (C=O) groups excluding carboxylic acids is 2. The molecule has 3 aromatic rings. The van der Waals surface area contributed by atoms with Gasteiger partial charge in [-0.1, -0.05) is 36.4 Å². The first-order chi connectivity index (χ1) is 13.1. The molecule has 0 atom stereocenters. The minimum Gasteiger partial charge on any atom is -0.462 e. The molecule has 0 saturated heterocycles. The number of rotatable bonds is 6. The molecule has 1 N–H and O–H groups in total. The molecule has 1 amide bonds. The number of pyridine rings is 1. The minimum absolute atomic E-state index is 0.174. The number of carbonyl (C=O) groups is 2. The molecule has 2 heterocycles. The number of nitrogens with zero attached hydrogens (tertiary/aromatic N) is 1. The van der Waals surface area contributed by atoms with Gasteiger partial charge >= 0.3 is 5.97 Å². The predicted octanol–water partition coefficient (Wildman–Crippen LogP) is 3.83. The van der Waals surface area contributed by atoms with Crippen LogP contribution < -0.4 is 9.88 Å². The molecular formula is C21H21N2O3S+. The molecule has 0 saturated carbocycles. The number of amides is 1. The third kappa shape index (κ3) is 4.60. The number of nitrogens with one attached hydrogen (secondary N) is 1. The first-order valence-corrected chi connectivity index (χ1v) is 9.51. The summed E-state index contributed by atoms with van der Waals surface area (Å²) in [5.74, 6) is -0.629. The lowest BCUT2D eigenvalue weighted by Crippen LogP contribution is -2.42. The molecule has 0 spiro atoms. The van der Waals surface area contributed by atoms with Gasteiger partial charge in [-0.2, -0.15) is 4.57 Å². The van der Waals surface area contributed by atoms with Crippen molar-refractivity contribution in [3.05, 3.63) is 72.1 Å². The number of aryl methyl sites for hydroxylation is 1. The van der Waals surface area contributed by atoms with E-state index in [2.05, 4.69) is 5.32 Å². The molecule has 0 fully saturated rings. The normalized spacial score (nSPS) is 10.4. The van der Waals surface area contributed by atoms with E-state index in [4.69, 9.17) is 4.74 Å². The van der Waals surface area contributed by atoms with Crippen molar-refractivity contribution >= 4 is 28.2 Å². The Bertz CT molecular complexity index is 951. The summed E-state index contributed by atoms with van der Waals surface area (Å²) in [5.41, 5.74) is 2.35. The average Bonchev–Trinajstić information content (AvgIpc) is 3.08. The van der Waals surface area contributed by atoms with Gasteiger partial charge in [-0.15, -0.1) is 11.3 Å². The first kappa shape index (κ1) is 18.8. The fraction of sp³-hybridized carbons (Fsp3) is 0.190. The second-order valence-corrected chi connectivity index (χ2v) is 7.01. The zero-order valence-corrected chi connectivity index (χ0v) is 16.1. The van der Waals surface area contributed by atoms with E-state index >= 15 is 0 Å². The van der Waals surface area contributed by atoms with Gasteiger partial charge in [0, 0.05) is 23.9 Å². The standard InChI is InChI=1S/C21H20N2O3S/c1-3-26-21(25)17-13-18(16-10-5-4-6-11-16)27-20(17)22-19(24)14-23-12-8-7-9-15(23)2/h4-13H,3,14H2,1-2H3/p+1. The summed E-state index contributed by atoms with van der Waals surface area (Å²) >= 11 is 1.37. The number of thiophene rings is 1. The van der Waals surface area contributed by atoms with Gasteiger partial charge in [-0.3, -0.25) is 4.79 Å². The first-order valence-electron chi connectivity index (χ1n) is 8.69. The van der Waals surface area contributed by atoms with Crippen LogP contribution in [0.3, 0.4) is 0 Å². The third-order valence-corrected chi connectivity index (χ3v) is 5.12. The maximum atomic E-state index is 12.5. The highest BCUT2D eigenvalue weighted by atomic mass is 32.1. The van der Waals surface area contributed by atoms with Gasteiger partial charge in [0.15, 0.2) is 11.9 Å². The zero-order chi connectivity index (χ0) is 19.2. The minimum atomic E-state index is -0.435. The molecule has 2 aromatic heterocycles. The van der Waals surface area contributed by atoms with E-state index in [0.717, 1.165) is 16.1 Å². The Kier molecular flexibility index (Phi) is 5.98.